The van der Waals surface area contributed by atoms with Crippen molar-refractivity contribution in [3.63, 3.8) is 0 Å². The summed E-state index contributed by atoms with van der Waals surface area (Å²) < 4.78 is 0. The Morgan fingerprint density at radius 3 is 2.80 bits per heavy atom. The quantitative estimate of drug-likeness (QED) is 0.639. The number of nitrogens with zero attached hydrogens (tertiary/aromatic N) is 2. The summed E-state index contributed by atoms with van der Waals surface area (Å²) in [6.07, 6.45) is 0. The van der Waals surface area contributed by atoms with Crippen molar-refractivity contribution in [2.45, 2.75) is 6.54 Å². The highest BCUT2D eigenvalue weighted by atomic mass is 35.5. The fourth-order valence-corrected chi connectivity index (χ4v) is 4.59. The second kappa shape index (κ2) is 6.63. The van der Waals surface area contributed by atoms with Gasteiger partial charge in [0.1, 0.15) is 16.6 Å². The number of nitrogens with one attached hydrogen (secondary N) is 1. The molecule has 7 heteroatoms. The Labute approximate surface area is 158 Å². The number of benzene rings is 1. The van der Waals surface area contributed by atoms with E-state index in [0.29, 0.717) is 28.7 Å². The van der Waals surface area contributed by atoms with E-state index >= 15 is 0 Å². The fourth-order valence-electron chi connectivity index (χ4n) is 2.75. The first-order valence-corrected chi connectivity index (χ1v) is 9.76. The molecule has 0 bridgehead atoms. The van der Waals surface area contributed by atoms with Crippen LogP contribution in [0.5, 0.6) is 0 Å². The van der Waals surface area contributed by atoms with Crippen LogP contribution in [0.1, 0.15) is 10.6 Å². The highest BCUT2D eigenvalue weighted by molar-refractivity contribution is 7.14. The van der Waals surface area contributed by atoms with Crippen LogP contribution < -0.4 is 0 Å². The molecule has 2 N–H and O–H groups in total. The van der Waals surface area contributed by atoms with Crippen LogP contribution in [-0.4, -0.2) is 27.4 Å². The molecule has 1 aromatic carbocycles. The molecule has 126 valence electrons. The van der Waals surface area contributed by atoms with Gasteiger partial charge in [-0.2, -0.15) is 0 Å². The number of amidine groups is 1. The van der Waals surface area contributed by atoms with Gasteiger partial charge >= 0.3 is 0 Å². The summed E-state index contributed by atoms with van der Waals surface area (Å²) in [6.45, 7) is 0.780. The van der Waals surface area contributed by atoms with Crippen LogP contribution in [0.15, 0.2) is 52.9 Å². The predicted molar refractivity (Wildman–Crippen MR) is 105 cm³/mol. The monoisotopic (exact) mass is 387 g/mol. The number of halogens is 1. The smallest absolute Gasteiger partial charge is 0.135 e. The molecule has 0 atom stereocenters. The van der Waals surface area contributed by atoms with E-state index in [1.807, 2.05) is 47.2 Å². The van der Waals surface area contributed by atoms with E-state index in [9.17, 15) is 5.11 Å². The number of thiazole rings is 1. The first-order valence-electron chi connectivity index (χ1n) is 7.62. The van der Waals surface area contributed by atoms with Crippen molar-refractivity contribution in [1.82, 2.24) is 9.88 Å². The van der Waals surface area contributed by atoms with Crippen LogP contribution in [-0.2, 0) is 6.54 Å². The molecule has 4 rings (SSSR count). The van der Waals surface area contributed by atoms with E-state index in [-0.39, 0.29) is 11.6 Å². The Kier molecular flexibility index (Phi) is 4.33. The molecule has 2 aromatic heterocycles. The molecule has 3 heterocycles. The number of aromatic nitrogens is 1. The summed E-state index contributed by atoms with van der Waals surface area (Å²) in [7, 11) is 0. The minimum absolute atomic E-state index is 0.184. The SMILES string of the molecule is N=C1C(c2nc(-c3cccs3)cs2)=C(O)CN1Cc1ccccc1Cl. The number of hydrogen-bond donors (Lipinski definition) is 2. The molecule has 0 aliphatic carbocycles. The third-order valence-electron chi connectivity index (χ3n) is 3.99. The largest absolute Gasteiger partial charge is 0.510 e. The molecule has 0 saturated carbocycles. The van der Waals surface area contributed by atoms with E-state index in [4.69, 9.17) is 17.0 Å². The second-order valence-electron chi connectivity index (χ2n) is 5.63. The Balaban J connectivity index is 1.58. The third kappa shape index (κ3) is 3.08. The number of hydrogen-bond acceptors (Lipinski definition) is 5. The molecule has 0 amide bonds. The lowest BCUT2D eigenvalue weighted by atomic mass is 10.2. The highest BCUT2D eigenvalue weighted by Crippen LogP contribution is 2.34. The molecule has 25 heavy (non-hydrogen) atoms. The molecule has 3 aromatic rings. The zero-order chi connectivity index (χ0) is 17.4. The number of thiophene rings is 1. The number of rotatable bonds is 4. The van der Waals surface area contributed by atoms with Gasteiger partial charge in [-0.1, -0.05) is 35.9 Å². The Bertz CT molecular complexity index is 962. The van der Waals surface area contributed by atoms with Gasteiger partial charge in [-0.15, -0.1) is 22.7 Å². The van der Waals surface area contributed by atoms with Crippen molar-refractivity contribution >= 4 is 45.7 Å². The van der Waals surface area contributed by atoms with Crippen LogP contribution >= 0.6 is 34.3 Å². The summed E-state index contributed by atoms with van der Waals surface area (Å²) >= 11 is 9.29. The molecule has 0 spiro atoms. The van der Waals surface area contributed by atoms with Gasteiger partial charge in [-0.05, 0) is 23.1 Å². The maximum absolute atomic E-state index is 10.4. The third-order valence-corrected chi connectivity index (χ3v) is 6.11. The average Bonchev–Trinajstić information content (AvgIpc) is 3.31. The molecule has 4 nitrogen and oxygen atoms in total. The van der Waals surface area contributed by atoms with E-state index < -0.39 is 0 Å². The molecule has 0 radical (unpaired) electrons. The highest BCUT2D eigenvalue weighted by Gasteiger charge is 2.30. The van der Waals surface area contributed by atoms with Crippen LogP contribution in [0, 0.1) is 5.41 Å². The molecule has 0 fully saturated rings. The second-order valence-corrected chi connectivity index (χ2v) is 7.85. The topological polar surface area (TPSA) is 60.2 Å². The number of aliphatic hydroxyl groups excluding tert-OH is 1. The normalized spacial score (nSPS) is 14.6. The van der Waals surface area contributed by atoms with Gasteiger partial charge < -0.3 is 10.0 Å². The van der Waals surface area contributed by atoms with E-state index in [1.165, 1.54) is 11.3 Å². The summed E-state index contributed by atoms with van der Waals surface area (Å²) in [4.78, 5) is 7.50. The summed E-state index contributed by atoms with van der Waals surface area (Å²) in [5.74, 6) is 0.466. The molecule has 1 aliphatic heterocycles. The van der Waals surface area contributed by atoms with Crippen molar-refractivity contribution in [2.24, 2.45) is 0 Å². The summed E-state index contributed by atoms with van der Waals surface area (Å²) in [6, 6.07) is 11.6. The summed E-state index contributed by atoms with van der Waals surface area (Å²) in [5, 5.41) is 24.2. The lowest BCUT2D eigenvalue weighted by molar-refractivity contribution is 0.347. The van der Waals surface area contributed by atoms with Gasteiger partial charge in [0, 0.05) is 16.9 Å². The maximum atomic E-state index is 10.4. The maximum Gasteiger partial charge on any atom is 0.135 e. The zero-order valence-electron chi connectivity index (χ0n) is 13.1. The van der Waals surface area contributed by atoms with Gasteiger partial charge in [0.2, 0.25) is 0 Å². The van der Waals surface area contributed by atoms with Crippen molar-refractivity contribution < 1.29 is 5.11 Å². The lowest BCUT2D eigenvalue weighted by Gasteiger charge is -2.19. The van der Waals surface area contributed by atoms with E-state index in [0.717, 1.165) is 16.1 Å². The molecule has 0 unspecified atom stereocenters. The van der Waals surface area contributed by atoms with E-state index in [1.54, 1.807) is 16.2 Å². The number of aliphatic hydroxyl groups is 1. The lowest BCUT2D eigenvalue weighted by Crippen LogP contribution is -2.26. The van der Waals surface area contributed by atoms with Gasteiger partial charge in [-0.25, -0.2) is 4.98 Å². The Morgan fingerprint density at radius 2 is 2.04 bits per heavy atom. The summed E-state index contributed by atoms with van der Waals surface area (Å²) in [5.41, 5.74) is 2.33. The molecular formula is C18H14ClN3OS2. The van der Waals surface area contributed by atoms with Crippen molar-refractivity contribution in [1.29, 1.82) is 5.41 Å². The minimum atomic E-state index is 0.184. The van der Waals surface area contributed by atoms with Crippen LogP contribution in [0.2, 0.25) is 5.02 Å². The molecular weight excluding hydrogens is 374 g/mol. The average molecular weight is 388 g/mol. The van der Waals surface area contributed by atoms with Crippen LogP contribution in [0.25, 0.3) is 16.1 Å². The fraction of sp³-hybridized carbons (Fsp3) is 0.111. The Morgan fingerprint density at radius 1 is 1.20 bits per heavy atom. The first-order chi connectivity index (χ1) is 12.1. The van der Waals surface area contributed by atoms with Crippen LogP contribution in [0.3, 0.4) is 0 Å². The first kappa shape index (κ1) is 16.3. The van der Waals surface area contributed by atoms with Gasteiger partial charge in [0.25, 0.3) is 0 Å². The van der Waals surface area contributed by atoms with Gasteiger partial charge in [0.15, 0.2) is 0 Å². The van der Waals surface area contributed by atoms with Gasteiger partial charge in [0.05, 0.1) is 22.7 Å². The predicted octanol–water partition coefficient (Wildman–Crippen LogP) is 5.29. The van der Waals surface area contributed by atoms with Crippen LogP contribution in [0.4, 0.5) is 0 Å². The zero-order valence-corrected chi connectivity index (χ0v) is 15.5. The van der Waals surface area contributed by atoms with Crippen molar-refractivity contribution in [3.8, 4) is 10.6 Å². The Hall–Kier alpha value is -2.15. The van der Waals surface area contributed by atoms with Gasteiger partial charge in [-0.3, -0.25) is 5.41 Å². The van der Waals surface area contributed by atoms with E-state index in [2.05, 4.69) is 4.98 Å². The minimum Gasteiger partial charge on any atom is -0.510 e. The van der Waals surface area contributed by atoms with Crippen molar-refractivity contribution in [2.75, 3.05) is 6.54 Å². The standard InChI is InChI=1S/C18H14ClN3OS2/c19-12-5-2-1-4-11(12)8-22-9-14(23)16(17(22)20)18-21-13(10-25-18)15-6-3-7-24-15/h1-7,10,20,23H,8-9H2. The molecule has 0 saturated heterocycles. The molecule has 1 aliphatic rings. The van der Waals surface area contributed by atoms with Crippen molar-refractivity contribution in [3.05, 3.63) is 68.5 Å².